The van der Waals surface area contributed by atoms with Crippen LogP contribution in [0.2, 0.25) is 0 Å². The molecule has 0 amide bonds. The molecule has 1 aliphatic rings. The van der Waals surface area contributed by atoms with Crippen LogP contribution in [0.1, 0.15) is 19.3 Å². The first kappa shape index (κ1) is 11.6. The van der Waals surface area contributed by atoms with E-state index in [1.54, 1.807) is 6.20 Å². The van der Waals surface area contributed by atoms with E-state index < -0.39 is 0 Å². The zero-order chi connectivity index (χ0) is 11.4. The maximum absolute atomic E-state index is 9.75. The number of rotatable bonds is 5. The van der Waals surface area contributed by atoms with Crippen molar-refractivity contribution in [1.29, 1.82) is 0 Å². The monoisotopic (exact) mass is 223 g/mol. The van der Waals surface area contributed by atoms with E-state index in [0.717, 1.165) is 26.1 Å². The molecule has 0 aliphatic heterocycles. The highest BCUT2D eigenvalue weighted by molar-refractivity contribution is 4.80. The van der Waals surface area contributed by atoms with Gasteiger partial charge in [-0.1, -0.05) is 6.42 Å². The van der Waals surface area contributed by atoms with Gasteiger partial charge in [0, 0.05) is 25.5 Å². The molecule has 0 aromatic carbocycles. The predicted octanol–water partition coefficient (Wildman–Crippen LogP) is 0.976. The van der Waals surface area contributed by atoms with Crippen molar-refractivity contribution in [3.8, 4) is 0 Å². The fourth-order valence-corrected chi connectivity index (χ4v) is 2.43. The van der Waals surface area contributed by atoms with E-state index in [2.05, 4.69) is 17.0 Å². The molecular formula is C12H21N3O. The highest BCUT2D eigenvalue weighted by Gasteiger charge is 2.25. The Bertz CT molecular complexity index is 299. The number of likely N-dealkylation sites (N-methyl/N-ethyl adjacent to an activating group) is 1. The van der Waals surface area contributed by atoms with Crippen LogP contribution in [-0.2, 0) is 6.54 Å². The minimum atomic E-state index is -0.0767. The standard InChI is InChI=1S/C12H21N3O/c1-14(8-9-15-7-3-6-13-15)10-11-4-2-5-12(11)16/h3,6-7,11-12,16H,2,4-5,8-10H2,1H3. The van der Waals surface area contributed by atoms with Gasteiger partial charge < -0.3 is 10.0 Å². The molecule has 4 nitrogen and oxygen atoms in total. The van der Waals surface area contributed by atoms with Gasteiger partial charge in [-0.3, -0.25) is 4.68 Å². The van der Waals surface area contributed by atoms with Crippen molar-refractivity contribution in [3.63, 3.8) is 0 Å². The Hall–Kier alpha value is -0.870. The second kappa shape index (κ2) is 5.46. The molecule has 16 heavy (non-hydrogen) atoms. The summed E-state index contributed by atoms with van der Waals surface area (Å²) in [6.45, 7) is 2.92. The second-order valence-corrected chi connectivity index (χ2v) is 4.79. The molecule has 0 bridgehead atoms. The summed E-state index contributed by atoms with van der Waals surface area (Å²) < 4.78 is 1.95. The van der Waals surface area contributed by atoms with Crippen LogP contribution in [0.15, 0.2) is 18.5 Å². The van der Waals surface area contributed by atoms with Crippen LogP contribution in [0, 0.1) is 5.92 Å². The topological polar surface area (TPSA) is 41.3 Å². The first-order valence-electron chi connectivity index (χ1n) is 6.10. The quantitative estimate of drug-likeness (QED) is 0.809. The van der Waals surface area contributed by atoms with Gasteiger partial charge in [-0.2, -0.15) is 5.10 Å². The average Bonchev–Trinajstić information content (AvgIpc) is 2.88. The zero-order valence-corrected chi connectivity index (χ0v) is 9.92. The van der Waals surface area contributed by atoms with Gasteiger partial charge in [0.2, 0.25) is 0 Å². The van der Waals surface area contributed by atoms with Gasteiger partial charge in [0.05, 0.1) is 12.6 Å². The molecule has 1 heterocycles. The Labute approximate surface area is 96.9 Å². The summed E-state index contributed by atoms with van der Waals surface area (Å²) in [5.41, 5.74) is 0. The number of aliphatic hydroxyl groups is 1. The molecule has 0 spiro atoms. The molecule has 2 unspecified atom stereocenters. The van der Waals surface area contributed by atoms with Crippen LogP contribution < -0.4 is 0 Å². The molecule has 1 fully saturated rings. The van der Waals surface area contributed by atoms with Gasteiger partial charge in [-0.25, -0.2) is 0 Å². The van der Waals surface area contributed by atoms with Crippen molar-refractivity contribution in [2.24, 2.45) is 5.92 Å². The van der Waals surface area contributed by atoms with E-state index in [1.165, 1.54) is 12.8 Å². The van der Waals surface area contributed by atoms with E-state index in [9.17, 15) is 5.11 Å². The second-order valence-electron chi connectivity index (χ2n) is 4.79. The van der Waals surface area contributed by atoms with Crippen molar-refractivity contribution in [1.82, 2.24) is 14.7 Å². The highest BCUT2D eigenvalue weighted by atomic mass is 16.3. The maximum Gasteiger partial charge on any atom is 0.0580 e. The zero-order valence-electron chi connectivity index (χ0n) is 9.92. The molecule has 0 saturated heterocycles. The van der Waals surface area contributed by atoms with E-state index in [1.807, 2.05) is 16.9 Å². The minimum absolute atomic E-state index is 0.0767. The van der Waals surface area contributed by atoms with Crippen LogP contribution in [0.25, 0.3) is 0 Å². The Kier molecular flexibility index (Phi) is 3.96. The smallest absolute Gasteiger partial charge is 0.0580 e. The maximum atomic E-state index is 9.75. The van der Waals surface area contributed by atoms with Crippen LogP contribution in [0.3, 0.4) is 0 Å². The molecular weight excluding hydrogens is 202 g/mol. The Morgan fingerprint density at radius 3 is 3.00 bits per heavy atom. The molecule has 1 aromatic heterocycles. The first-order valence-corrected chi connectivity index (χ1v) is 6.10. The molecule has 0 radical (unpaired) electrons. The molecule has 4 heteroatoms. The summed E-state index contributed by atoms with van der Waals surface area (Å²) >= 11 is 0. The van der Waals surface area contributed by atoms with Crippen LogP contribution >= 0.6 is 0 Å². The van der Waals surface area contributed by atoms with Crippen molar-refractivity contribution >= 4 is 0 Å². The van der Waals surface area contributed by atoms with Gasteiger partial charge in [0.1, 0.15) is 0 Å². The lowest BCUT2D eigenvalue weighted by molar-refractivity contribution is 0.108. The van der Waals surface area contributed by atoms with Crippen LogP contribution in [-0.4, -0.2) is 46.0 Å². The van der Waals surface area contributed by atoms with E-state index in [4.69, 9.17) is 0 Å². The van der Waals surface area contributed by atoms with Crippen LogP contribution in [0.4, 0.5) is 0 Å². The molecule has 1 aromatic rings. The van der Waals surface area contributed by atoms with E-state index in [0.29, 0.717) is 5.92 Å². The molecule has 1 N–H and O–H groups in total. The third-order valence-electron chi connectivity index (χ3n) is 3.44. The van der Waals surface area contributed by atoms with Gasteiger partial charge in [0.15, 0.2) is 0 Å². The van der Waals surface area contributed by atoms with Crippen LogP contribution in [0.5, 0.6) is 0 Å². The van der Waals surface area contributed by atoms with Crippen molar-refractivity contribution < 1.29 is 5.11 Å². The largest absolute Gasteiger partial charge is 0.393 e. The summed E-state index contributed by atoms with van der Waals surface area (Å²) in [6.07, 6.45) is 7.05. The highest BCUT2D eigenvalue weighted by Crippen LogP contribution is 2.25. The molecule has 1 saturated carbocycles. The lowest BCUT2D eigenvalue weighted by atomic mass is 10.1. The normalized spacial score (nSPS) is 25.4. The molecule has 90 valence electrons. The summed E-state index contributed by atoms with van der Waals surface area (Å²) in [7, 11) is 2.12. The molecule has 2 rings (SSSR count). The number of aromatic nitrogens is 2. The first-order chi connectivity index (χ1) is 7.75. The summed E-state index contributed by atoms with van der Waals surface area (Å²) in [5, 5.41) is 13.9. The number of hydrogen-bond acceptors (Lipinski definition) is 3. The van der Waals surface area contributed by atoms with Crippen molar-refractivity contribution in [2.75, 3.05) is 20.1 Å². The van der Waals surface area contributed by atoms with Gasteiger partial charge in [-0.05, 0) is 31.9 Å². The van der Waals surface area contributed by atoms with Gasteiger partial charge >= 0.3 is 0 Å². The lowest BCUT2D eigenvalue weighted by Gasteiger charge is -2.22. The van der Waals surface area contributed by atoms with Crippen molar-refractivity contribution in [2.45, 2.75) is 31.9 Å². The number of aliphatic hydroxyl groups excluding tert-OH is 1. The SMILES string of the molecule is CN(CCn1cccn1)CC1CCCC1O. The lowest BCUT2D eigenvalue weighted by Crippen LogP contribution is -2.32. The summed E-state index contributed by atoms with van der Waals surface area (Å²) in [5.74, 6) is 0.475. The third-order valence-corrected chi connectivity index (χ3v) is 3.44. The van der Waals surface area contributed by atoms with Crippen molar-refractivity contribution in [3.05, 3.63) is 18.5 Å². The Morgan fingerprint density at radius 2 is 2.38 bits per heavy atom. The molecule has 1 aliphatic carbocycles. The minimum Gasteiger partial charge on any atom is -0.393 e. The fraction of sp³-hybridized carbons (Fsp3) is 0.750. The number of nitrogens with zero attached hydrogens (tertiary/aromatic N) is 3. The van der Waals surface area contributed by atoms with E-state index in [-0.39, 0.29) is 6.10 Å². The third kappa shape index (κ3) is 3.06. The average molecular weight is 223 g/mol. The summed E-state index contributed by atoms with van der Waals surface area (Å²) in [4.78, 5) is 2.29. The van der Waals surface area contributed by atoms with Gasteiger partial charge in [-0.15, -0.1) is 0 Å². The fourth-order valence-electron chi connectivity index (χ4n) is 2.43. The number of hydrogen-bond donors (Lipinski definition) is 1. The summed E-state index contributed by atoms with van der Waals surface area (Å²) in [6, 6.07) is 1.95. The van der Waals surface area contributed by atoms with Gasteiger partial charge in [0.25, 0.3) is 0 Å². The Balaban J connectivity index is 1.70. The van der Waals surface area contributed by atoms with E-state index >= 15 is 0 Å². The predicted molar refractivity (Wildman–Crippen MR) is 63.1 cm³/mol. The molecule has 2 atom stereocenters. The Morgan fingerprint density at radius 1 is 1.50 bits per heavy atom.